The molecule has 0 aromatic carbocycles. The molecule has 1 aromatic rings. The molecule has 3 rings (SSSR count). The number of ether oxygens (including phenoxy) is 3. The van der Waals surface area contributed by atoms with Crippen molar-refractivity contribution in [3.63, 3.8) is 0 Å². The van der Waals surface area contributed by atoms with Gasteiger partial charge < -0.3 is 34.5 Å². The van der Waals surface area contributed by atoms with E-state index in [1.54, 1.807) is 7.11 Å². The number of rotatable bonds is 7. The zero-order chi connectivity index (χ0) is 15.5. The zero-order valence-electron chi connectivity index (χ0n) is 13.1. The van der Waals surface area contributed by atoms with E-state index in [1.165, 1.54) is 0 Å². The van der Waals surface area contributed by atoms with E-state index in [4.69, 9.17) is 14.2 Å². The molecule has 2 bridgehead atoms. The molecular weight excluding hydrogens is 286 g/mol. The number of aromatic nitrogens is 1. The summed E-state index contributed by atoms with van der Waals surface area (Å²) in [5.74, 6) is 0. The molecule has 0 radical (unpaired) electrons. The predicted molar refractivity (Wildman–Crippen MR) is 80.3 cm³/mol. The molecule has 0 unspecified atom stereocenters. The molecule has 2 aliphatic rings. The first-order chi connectivity index (χ1) is 10.7. The van der Waals surface area contributed by atoms with Gasteiger partial charge in [0.2, 0.25) is 0 Å². The molecule has 0 spiro atoms. The van der Waals surface area contributed by atoms with Crippen LogP contribution in [-0.4, -0.2) is 67.1 Å². The highest BCUT2D eigenvalue weighted by Crippen LogP contribution is 2.28. The summed E-state index contributed by atoms with van der Waals surface area (Å²) in [6.45, 7) is 2.42. The first kappa shape index (κ1) is 15.9. The normalized spacial score (nSPS) is 34.2. The number of aliphatic hydroxyl groups excluding tert-OH is 1. The van der Waals surface area contributed by atoms with Gasteiger partial charge in [0.25, 0.3) is 0 Å². The van der Waals surface area contributed by atoms with Gasteiger partial charge in [-0.3, -0.25) is 0 Å². The van der Waals surface area contributed by atoms with Crippen molar-refractivity contribution in [2.45, 2.75) is 37.1 Å². The predicted octanol–water partition coefficient (Wildman–Crippen LogP) is -0.796. The summed E-state index contributed by atoms with van der Waals surface area (Å²) in [6, 6.07) is 3.66. The van der Waals surface area contributed by atoms with Crippen LogP contribution in [0.4, 0.5) is 0 Å². The number of fused-ring (bicyclic) bond motifs is 2. The van der Waals surface area contributed by atoms with Crippen LogP contribution in [0.5, 0.6) is 0 Å². The van der Waals surface area contributed by atoms with Crippen molar-refractivity contribution >= 4 is 0 Å². The van der Waals surface area contributed by atoms with Gasteiger partial charge >= 0.3 is 0 Å². The standard InChI is InChI=1S/C15H25N3O4/c1-18-6-3-4-10(18)8-17-12-11-9-21-15(22-11)13(14(12)19)16-5-7-20-2/h3-4,6,11-17,19H,5,7-9H2,1-2H3/t11-,12-,13-,14+,15-/m1/s1. The van der Waals surface area contributed by atoms with Crippen LogP contribution in [0, 0.1) is 0 Å². The summed E-state index contributed by atoms with van der Waals surface area (Å²) >= 11 is 0. The lowest BCUT2D eigenvalue weighted by molar-refractivity contribution is -0.153. The lowest BCUT2D eigenvalue weighted by Crippen LogP contribution is -2.63. The zero-order valence-corrected chi connectivity index (χ0v) is 13.1. The molecule has 0 amide bonds. The van der Waals surface area contributed by atoms with Gasteiger partial charge in [0, 0.05) is 39.1 Å². The topological polar surface area (TPSA) is 76.9 Å². The maximum Gasteiger partial charge on any atom is 0.176 e. The average molecular weight is 311 g/mol. The first-order valence-electron chi connectivity index (χ1n) is 7.71. The Balaban J connectivity index is 1.61. The second kappa shape index (κ2) is 7.08. The van der Waals surface area contributed by atoms with Crippen molar-refractivity contribution in [1.82, 2.24) is 15.2 Å². The molecule has 5 atom stereocenters. The molecule has 7 heteroatoms. The van der Waals surface area contributed by atoms with E-state index in [9.17, 15) is 5.11 Å². The minimum Gasteiger partial charge on any atom is -0.390 e. The van der Waals surface area contributed by atoms with Crippen LogP contribution < -0.4 is 10.6 Å². The quantitative estimate of drug-likeness (QED) is 0.573. The molecule has 7 nitrogen and oxygen atoms in total. The second-order valence-electron chi connectivity index (χ2n) is 5.86. The Hall–Kier alpha value is -0.960. The third-order valence-electron chi connectivity index (χ3n) is 4.42. The van der Waals surface area contributed by atoms with E-state index < -0.39 is 6.10 Å². The maximum atomic E-state index is 10.7. The lowest BCUT2D eigenvalue weighted by atomic mass is 9.96. The largest absolute Gasteiger partial charge is 0.390 e. The molecular formula is C15H25N3O4. The summed E-state index contributed by atoms with van der Waals surface area (Å²) in [4.78, 5) is 0. The summed E-state index contributed by atoms with van der Waals surface area (Å²) in [7, 11) is 3.66. The second-order valence-corrected chi connectivity index (χ2v) is 5.86. The molecule has 1 aromatic heterocycles. The number of nitrogens with one attached hydrogen (secondary N) is 2. The smallest absolute Gasteiger partial charge is 0.176 e. The Kier molecular flexibility index (Phi) is 5.12. The van der Waals surface area contributed by atoms with Crippen LogP contribution in [0.2, 0.25) is 0 Å². The molecule has 2 fully saturated rings. The van der Waals surface area contributed by atoms with Crippen LogP contribution in [0.3, 0.4) is 0 Å². The Bertz CT molecular complexity index is 481. The Morgan fingerprint density at radius 3 is 3.00 bits per heavy atom. The molecule has 22 heavy (non-hydrogen) atoms. The molecule has 0 saturated carbocycles. The van der Waals surface area contributed by atoms with Gasteiger partial charge in [-0.15, -0.1) is 0 Å². The van der Waals surface area contributed by atoms with Crippen LogP contribution in [0.1, 0.15) is 5.69 Å². The van der Waals surface area contributed by atoms with Crippen molar-refractivity contribution in [3.05, 3.63) is 24.0 Å². The molecule has 0 aliphatic carbocycles. The SMILES string of the molecule is COCCN[C@H]1[C@@H]2OC[C@@H](O2)[C@@H](NCc2cccn2C)[C@@H]1O. The Morgan fingerprint density at radius 2 is 2.27 bits per heavy atom. The number of hydrogen-bond acceptors (Lipinski definition) is 6. The summed E-state index contributed by atoms with van der Waals surface area (Å²) in [5.41, 5.74) is 1.16. The summed E-state index contributed by atoms with van der Waals surface area (Å²) in [5, 5.41) is 17.4. The third kappa shape index (κ3) is 3.19. The summed E-state index contributed by atoms with van der Waals surface area (Å²) in [6.07, 6.45) is 0.948. The van der Waals surface area contributed by atoms with Gasteiger partial charge in [0.05, 0.1) is 31.4 Å². The summed E-state index contributed by atoms with van der Waals surface area (Å²) < 4.78 is 18.6. The number of methoxy groups -OCH3 is 1. The molecule has 3 heterocycles. The van der Waals surface area contributed by atoms with Crippen LogP contribution >= 0.6 is 0 Å². The Labute approximate surface area is 130 Å². The van der Waals surface area contributed by atoms with E-state index >= 15 is 0 Å². The van der Waals surface area contributed by atoms with E-state index in [2.05, 4.69) is 21.3 Å². The molecule has 2 aliphatic heterocycles. The van der Waals surface area contributed by atoms with Crippen molar-refractivity contribution in [2.75, 3.05) is 26.9 Å². The number of hydrogen-bond donors (Lipinski definition) is 3. The molecule has 2 saturated heterocycles. The highest BCUT2D eigenvalue weighted by molar-refractivity contribution is 5.08. The van der Waals surface area contributed by atoms with E-state index in [-0.39, 0.29) is 24.5 Å². The van der Waals surface area contributed by atoms with Gasteiger partial charge in [0.15, 0.2) is 6.29 Å². The average Bonchev–Trinajstić information content (AvgIpc) is 3.11. The van der Waals surface area contributed by atoms with Gasteiger partial charge in [-0.05, 0) is 12.1 Å². The number of aryl methyl sites for hydroxylation is 1. The van der Waals surface area contributed by atoms with Gasteiger partial charge in [0.1, 0.15) is 6.10 Å². The minimum atomic E-state index is -0.566. The molecule has 124 valence electrons. The van der Waals surface area contributed by atoms with Crippen molar-refractivity contribution < 1.29 is 19.3 Å². The fourth-order valence-corrected chi connectivity index (χ4v) is 3.12. The third-order valence-corrected chi connectivity index (χ3v) is 4.42. The van der Waals surface area contributed by atoms with E-state index in [0.717, 1.165) is 5.69 Å². The van der Waals surface area contributed by atoms with Crippen LogP contribution in [-0.2, 0) is 27.8 Å². The van der Waals surface area contributed by atoms with Gasteiger partial charge in [-0.1, -0.05) is 0 Å². The van der Waals surface area contributed by atoms with Crippen LogP contribution in [0.15, 0.2) is 18.3 Å². The fraction of sp³-hybridized carbons (Fsp3) is 0.733. The fourth-order valence-electron chi connectivity index (χ4n) is 3.12. The number of aliphatic hydroxyl groups is 1. The number of nitrogens with zero attached hydrogens (tertiary/aromatic N) is 1. The highest BCUT2D eigenvalue weighted by atomic mass is 16.7. The van der Waals surface area contributed by atoms with Crippen molar-refractivity contribution in [3.8, 4) is 0 Å². The van der Waals surface area contributed by atoms with Gasteiger partial charge in [-0.2, -0.15) is 0 Å². The van der Waals surface area contributed by atoms with E-state index in [0.29, 0.717) is 26.3 Å². The highest BCUT2D eigenvalue weighted by Gasteiger charge is 2.49. The Morgan fingerprint density at radius 1 is 1.41 bits per heavy atom. The van der Waals surface area contributed by atoms with Crippen molar-refractivity contribution in [1.29, 1.82) is 0 Å². The maximum absolute atomic E-state index is 10.7. The van der Waals surface area contributed by atoms with Crippen molar-refractivity contribution in [2.24, 2.45) is 7.05 Å². The minimum absolute atomic E-state index is 0.110. The van der Waals surface area contributed by atoms with Crippen LogP contribution in [0.25, 0.3) is 0 Å². The lowest BCUT2D eigenvalue weighted by Gasteiger charge is -2.39. The van der Waals surface area contributed by atoms with E-state index in [1.807, 2.05) is 19.3 Å². The monoisotopic (exact) mass is 311 g/mol. The molecule has 3 N–H and O–H groups in total. The van der Waals surface area contributed by atoms with Gasteiger partial charge in [-0.25, -0.2) is 0 Å². The first-order valence-corrected chi connectivity index (χ1v) is 7.71.